The molecule has 164 valence electrons. The Kier molecular flexibility index (Phi) is 6.88. The Labute approximate surface area is 201 Å². The number of para-hydroxylation sites is 1. The minimum absolute atomic E-state index is 0.761. The maximum Gasteiger partial charge on any atom is 0.196 e. The van der Waals surface area contributed by atoms with Gasteiger partial charge in [0.15, 0.2) is 11.0 Å². The Morgan fingerprint density at radius 2 is 1.75 bits per heavy atom. The molecule has 2 aromatic carbocycles. The largest absolute Gasteiger partial charge is 0.296 e. The van der Waals surface area contributed by atoms with Gasteiger partial charge in [0.25, 0.3) is 0 Å². The fourth-order valence-electron chi connectivity index (χ4n) is 3.89. The predicted octanol–water partition coefficient (Wildman–Crippen LogP) is 5.86. The standard InChI is InChI=1S/C24H24ClN5S2/c25-19-10-8-18(9-11-19)14-23-26-20(16-31-23)17-32-24-28-27-22(15-29-12-4-5-13-29)30(24)21-6-2-1-3-7-21/h1-3,6-11,16H,4-5,12-15,17H2. The van der Waals surface area contributed by atoms with Crippen LogP contribution < -0.4 is 0 Å². The molecule has 0 amide bonds. The van der Waals surface area contributed by atoms with Crippen LogP contribution in [0.5, 0.6) is 0 Å². The van der Waals surface area contributed by atoms with Crippen molar-refractivity contribution in [1.82, 2.24) is 24.6 Å². The smallest absolute Gasteiger partial charge is 0.196 e. The minimum Gasteiger partial charge on any atom is -0.296 e. The van der Waals surface area contributed by atoms with Crippen LogP contribution >= 0.6 is 34.7 Å². The van der Waals surface area contributed by atoms with Crippen molar-refractivity contribution in [2.24, 2.45) is 0 Å². The van der Waals surface area contributed by atoms with Crippen LogP contribution in [0.15, 0.2) is 65.1 Å². The second-order valence-corrected chi connectivity index (χ2v) is 10.2. The minimum atomic E-state index is 0.761. The van der Waals surface area contributed by atoms with Crippen molar-refractivity contribution in [3.63, 3.8) is 0 Å². The van der Waals surface area contributed by atoms with E-state index < -0.39 is 0 Å². The summed E-state index contributed by atoms with van der Waals surface area (Å²) in [6.45, 7) is 3.11. The Morgan fingerprint density at radius 3 is 2.53 bits per heavy atom. The van der Waals surface area contributed by atoms with Gasteiger partial charge in [0.2, 0.25) is 0 Å². The third kappa shape index (κ3) is 5.23. The highest BCUT2D eigenvalue weighted by atomic mass is 35.5. The highest BCUT2D eigenvalue weighted by Crippen LogP contribution is 2.27. The van der Waals surface area contributed by atoms with E-state index in [2.05, 4.69) is 61.4 Å². The Balaban J connectivity index is 1.30. The summed E-state index contributed by atoms with van der Waals surface area (Å²) in [5.41, 5.74) is 3.40. The van der Waals surface area contributed by atoms with E-state index in [1.807, 2.05) is 18.2 Å². The molecule has 0 unspecified atom stereocenters. The molecule has 1 aliphatic heterocycles. The maximum atomic E-state index is 5.99. The van der Waals surface area contributed by atoms with Gasteiger partial charge in [0, 0.05) is 28.3 Å². The van der Waals surface area contributed by atoms with Crippen LogP contribution in [-0.2, 0) is 18.7 Å². The monoisotopic (exact) mass is 481 g/mol. The lowest BCUT2D eigenvalue weighted by Crippen LogP contribution is -2.21. The van der Waals surface area contributed by atoms with E-state index in [1.165, 1.54) is 18.4 Å². The van der Waals surface area contributed by atoms with Gasteiger partial charge in [-0.2, -0.15) is 0 Å². The summed E-state index contributed by atoms with van der Waals surface area (Å²) in [7, 11) is 0. The fraction of sp³-hybridized carbons (Fsp3) is 0.292. The van der Waals surface area contributed by atoms with Crippen molar-refractivity contribution in [3.05, 3.63) is 87.1 Å². The van der Waals surface area contributed by atoms with Gasteiger partial charge in [-0.25, -0.2) is 4.98 Å². The van der Waals surface area contributed by atoms with E-state index in [-0.39, 0.29) is 0 Å². The molecule has 8 heteroatoms. The lowest BCUT2D eigenvalue weighted by atomic mass is 10.2. The Morgan fingerprint density at radius 1 is 0.969 bits per heavy atom. The molecule has 32 heavy (non-hydrogen) atoms. The third-order valence-electron chi connectivity index (χ3n) is 5.50. The third-order valence-corrected chi connectivity index (χ3v) is 7.61. The number of rotatable bonds is 8. The van der Waals surface area contributed by atoms with Gasteiger partial charge in [0.1, 0.15) is 0 Å². The summed E-state index contributed by atoms with van der Waals surface area (Å²) >= 11 is 9.39. The van der Waals surface area contributed by atoms with Crippen LogP contribution in [0.2, 0.25) is 5.02 Å². The van der Waals surface area contributed by atoms with Gasteiger partial charge in [-0.3, -0.25) is 9.47 Å². The summed E-state index contributed by atoms with van der Waals surface area (Å²) in [4.78, 5) is 7.29. The van der Waals surface area contributed by atoms with Crippen molar-refractivity contribution < 1.29 is 0 Å². The van der Waals surface area contributed by atoms with Gasteiger partial charge in [-0.15, -0.1) is 21.5 Å². The van der Waals surface area contributed by atoms with Crippen LogP contribution in [0.25, 0.3) is 5.69 Å². The molecular formula is C24H24ClN5S2. The highest BCUT2D eigenvalue weighted by molar-refractivity contribution is 7.98. The van der Waals surface area contributed by atoms with Crippen LogP contribution in [0.1, 0.15) is 34.9 Å². The summed E-state index contributed by atoms with van der Waals surface area (Å²) in [5.74, 6) is 1.77. The number of nitrogens with zero attached hydrogens (tertiary/aromatic N) is 5. The topological polar surface area (TPSA) is 46.8 Å². The predicted molar refractivity (Wildman–Crippen MR) is 132 cm³/mol. The van der Waals surface area contributed by atoms with E-state index in [1.54, 1.807) is 23.1 Å². The number of likely N-dealkylation sites (tertiary alicyclic amines) is 1. The van der Waals surface area contributed by atoms with Crippen LogP contribution in [0, 0.1) is 0 Å². The second kappa shape index (κ2) is 10.2. The second-order valence-electron chi connectivity index (χ2n) is 7.88. The van der Waals surface area contributed by atoms with E-state index in [0.29, 0.717) is 0 Å². The van der Waals surface area contributed by atoms with Gasteiger partial charge >= 0.3 is 0 Å². The molecule has 0 N–H and O–H groups in total. The molecule has 0 radical (unpaired) electrons. The summed E-state index contributed by atoms with van der Waals surface area (Å²) in [6.07, 6.45) is 3.36. The first kappa shape index (κ1) is 21.6. The van der Waals surface area contributed by atoms with Crippen molar-refractivity contribution in [3.8, 4) is 5.69 Å². The number of benzene rings is 2. The van der Waals surface area contributed by atoms with Crippen LogP contribution in [-0.4, -0.2) is 37.7 Å². The van der Waals surface area contributed by atoms with Gasteiger partial charge in [-0.05, 0) is 55.8 Å². The average Bonchev–Trinajstić information content (AvgIpc) is 3.57. The highest BCUT2D eigenvalue weighted by Gasteiger charge is 2.19. The number of aromatic nitrogens is 4. The molecular weight excluding hydrogens is 458 g/mol. The molecule has 5 nitrogen and oxygen atoms in total. The number of halogens is 1. The molecule has 0 saturated carbocycles. The Hall–Kier alpha value is -2.19. The molecule has 0 atom stereocenters. The zero-order valence-corrected chi connectivity index (χ0v) is 20.0. The fourth-order valence-corrected chi connectivity index (χ4v) is 5.81. The quantitative estimate of drug-likeness (QED) is 0.295. The molecule has 0 spiro atoms. The Bertz CT molecular complexity index is 1150. The zero-order valence-electron chi connectivity index (χ0n) is 17.7. The van der Waals surface area contributed by atoms with E-state index in [4.69, 9.17) is 16.6 Å². The van der Waals surface area contributed by atoms with Gasteiger partial charge < -0.3 is 0 Å². The molecule has 3 heterocycles. The first-order valence-electron chi connectivity index (χ1n) is 10.8. The number of thioether (sulfide) groups is 1. The molecule has 2 aromatic heterocycles. The van der Waals surface area contributed by atoms with E-state index in [9.17, 15) is 0 Å². The maximum absolute atomic E-state index is 5.99. The molecule has 0 bridgehead atoms. The lowest BCUT2D eigenvalue weighted by Gasteiger charge is -2.15. The van der Waals surface area contributed by atoms with Gasteiger partial charge in [0.05, 0.1) is 17.2 Å². The summed E-state index contributed by atoms with van der Waals surface area (Å²) < 4.78 is 2.20. The van der Waals surface area contributed by atoms with E-state index >= 15 is 0 Å². The zero-order chi connectivity index (χ0) is 21.8. The number of hydrogen-bond acceptors (Lipinski definition) is 6. The number of hydrogen-bond donors (Lipinski definition) is 0. The molecule has 0 aliphatic carbocycles. The molecule has 1 aliphatic rings. The average molecular weight is 482 g/mol. The lowest BCUT2D eigenvalue weighted by molar-refractivity contribution is 0.319. The SMILES string of the molecule is Clc1ccc(Cc2nc(CSc3nnc(CN4CCCC4)n3-c3ccccc3)cs2)cc1. The summed E-state index contributed by atoms with van der Waals surface area (Å²) in [6, 6.07) is 18.4. The van der Waals surface area contributed by atoms with Crippen molar-refractivity contribution in [1.29, 1.82) is 0 Å². The first-order valence-corrected chi connectivity index (χ1v) is 13.0. The summed E-state index contributed by atoms with van der Waals surface area (Å²) in [5, 5.41) is 14.0. The normalized spacial score (nSPS) is 14.3. The van der Waals surface area contributed by atoms with Crippen molar-refractivity contribution in [2.45, 2.75) is 36.7 Å². The molecule has 5 rings (SSSR count). The van der Waals surface area contributed by atoms with Crippen molar-refractivity contribution >= 4 is 34.7 Å². The molecule has 1 saturated heterocycles. The van der Waals surface area contributed by atoms with Gasteiger partial charge in [-0.1, -0.05) is 53.7 Å². The van der Waals surface area contributed by atoms with Crippen LogP contribution in [0.4, 0.5) is 0 Å². The molecule has 4 aromatic rings. The van der Waals surface area contributed by atoms with Crippen molar-refractivity contribution in [2.75, 3.05) is 13.1 Å². The first-order chi connectivity index (χ1) is 15.7. The van der Waals surface area contributed by atoms with Crippen LogP contribution in [0.3, 0.4) is 0 Å². The molecule has 1 fully saturated rings. The van der Waals surface area contributed by atoms with E-state index in [0.717, 1.165) is 64.2 Å². The number of thiazole rings is 1.